The Hall–Kier alpha value is -3.46. The normalized spacial score (nSPS) is 9.90. The summed E-state index contributed by atoms with van der Waals surface area (Å²) in [6.07, 6.45) is 0.00865. The number of hydrazine groups is 1. The average molecular weight is 429 g/mol. The number of thiocarbonyl (C=S) groups is 1. The summed E-state index contributed by atoms with van der Waals surface area (Å²) >= 11 is 4.99. The molecule has 0 fully saturated rings. The Morgan fingerprint density at radius 3 is 2.23 bits per heavy atom. The second kappa shape index (κ2) is 12.2. The van der Waals surface area contributed by atoms with Gasteiger partial charge in [0.25, 0.3) is 5.91 Å². The van der Waals surface area contributed by atoms with Gasteiger partial charge in [-0.15, -0.1) is 0 Å². The minimum absolute atomic E-state index is 0.0247. The van der Waals surface area contributed by atoms with Gasteiger partial charge in [0.05, 0.1) is 6.61 Å². The molecule has 2 aromatic carbocycles. The molecule has 0 aliphatic heterocycles. The van der Waals surface area contributed by atoms with Crippen LogP contribution in [0.5, 0.6) is 5.75 Å². The summed E-state index contributed by atoms with van der Waals surface area (Å²) in [5, 5.41) is 5.14. The maximum absolute atomic E-state index is 12.1. The maximum Gasteiger partial charge on any atom is 0.257 e. The Balaban J connectivity index is 1.64. The summed E-state index contributed by atoms with van der Waals surface area (Å²) in [6.45, 7) is 2.81. The standard InChI is InChI=1S/C21H24N4O4S/c1-2-29-17-10-8-16(9-11-17)20(28)23-21(30)25-24-19(27)13-12-18(26)22-14-15-6-4-3-5-7-15/h3-11H,2,12-14H2,1H3,(H,22,26)(H,24,27)(H2,23,25,28,30). The van der Waals surface area contributed by atoms with Crippen molar-refractivity contribution in [3.8, 4) is 5.75 Å². The molecule has 8 nitrogen and oxygen atoms in total. The third-order valence-corrected chi connectivity index (χ3v) is 4.09. The molecule has 0 aliphatic carbocycles. The lowest BCUT2D eigenvalue weighted by Gasteiger charge is -2.11. The van der Waals surface area contributed by atoms with Gasteiger partial charge >= 0.3 is 0 Å². The largest absolute Gasteiger partial charge is 0.494 e. The third-order valence-electron chi connectivity index (χ3n) is 3.88. The van der Waals surface area contributed by atoms with Crippen LogP contribution in [0.3, 0.4) is 0 Å². The van der Waals surface area contributed by atoms with E-state index in [1.807, 2.05) is 37.3 Å². The topological polar surface area (TPSA) is 109 Å². The zero-order valence-electron chi connectivity index (χ0n) is 16.6. The maximum atomic E-state index is 12.1. The molecule has 0 unspecified atom stereocenters. The molecular formula is C21H24N4O4S. The van der Waals surface area contributed by atoms with Crippen molar-refractivity contribution in [2.75, 3.05) is 6.61 Å². The van der Waals surface area contributed by atoms with Crippen LogP contribution in [0.1, 0.15) is 35.7 Å². The minimum atomic E-state index is -0.428. The first-order valence-corrected chi connectivity index (χ1v) is 9.82. The predicted octanol–water partition coefficient (Wildman–Crippen LogP) is 1.82. The van der Waals surface area contributed by atoms with E-state index < -0.39 is 11.8 Å². The molecule has 0 saturated carbocycles. The van der Waals surface area contributed by atoms with Crippen LogP contribution in [0.25, 0.3) is 0 Å². The molecule has 2 aromatic rings. The highest BCUT2D eigenvalue weighted by Crippen LogP contribution is 2.11. The van der Waals surface area contributed by atoms with Gasteiger partial charge in [0.2, 0.25) is 11.8 Å². The van der Waals surface area contributed by atoms with Crippen LogP contribution >= 0.6 is 12.2 Å². The number of carbonyl (C=O) groups is 3. The molecule has 2 rings (SSSR count). The molecule has 4 N–H and O–H groups in total. The zero-order valence-corrected chi connectivity index (χ0v) is 17.4. The van der Waals surface area contributed by atoms with Crippen molar-refractivity contribution >= 4 is 35.1 Å². The van der Waals surface area contributed by atoms with E-state index in [0.29, 0.717) is 24.5 Å². The third kappa shape index (κ3) is 8.27. The van der Waals surface area contributed by atoms with Gasteiger partial charge in [0, 0.05) is 24.9 Å². The second-order valence-corrected chi connectivity index (χ2v) is 6.58. The first kappa shape index (κ1) is 22.8. The lowest BCUT2D eigenvalue weighted by Crippen LogP contribution is -2.48. The van der Waals surface area contributed by atoms with Crippen LogP contribution in [-0.4, -0.2) is 29.4 Å². The van der Waals surface area contributed by atoms with Crippen LogP contribution in [0.4, 0.5) is 0 Å². The lowest BCUT2D eigenvalue weighted by molar-refractivity contribution is -0.126. The lowest BCUT2D eigenvalue weighted by atomic mass is 10.2. The molecule has 0 heterocycles. The second-order valence-electron chi connectivity index (χ2n) is 6.18. The van der Waals surface area contributed by atoms with Gasteiger partial charge in [0.1, 0.15) is 5.75 Å². The molecular weight excluding hydrogens is 404 g/mol. The summed E-state index contributed by atoms with van der Waals surface area (Å²) in [4.78, 5) is 35.8. The van der Waals surface area contributed by atoms with Gasteiger partial charge < -0.3 is 10.1 Å². The highest BCUT2D eigenvalue weighted by Gasteiger charge is 2.10. The molecule has 9 heteroatoms. The fourth-order valence-electron chi connectivity index (χ4n) is 2.38. The average Bonchev–Trinajstić information content (AvgIpc) is 2.76. The van der Waals surface area contributed by atoms with Gasteiger partial charge in [-0.2, -0.15) is 0 Å². The highest BCUT2D eigenvalue weighted by atomic mass is 32.1. The number of nitrogens with one attached hydrogen (secondary N) is 4. The Kier molecular flexibility index (Phi) is 9.26. The number of carbonyl (C=O) groups excluding carboxylic acids is 3. The highest BCUT2D eigenvalue weighted by molar-refractivity contribution is 7.80. The number of benzene rings is 2. The fourth-order valence-corrected chi connectivity index (χ4v) is 2.52. The van der Waals surface area contributed by atoms with Crippen molar-refractivity contribution in [3.63, 3.8) is 0 Å². The van der Waals surface area contributed by atoms with E-state index in [9.17, 15) is 14.4 Å². The smallest absolute Gasteiger partial charge is 0.257 e. The molecule has 158 valence electrons. The molecule has 0 spiro atoms. The van der Waals surface area contributed by atoms with Gasteiger partial charge in [0.15, 0.2) is 5.11 Å². The molecule has 0 saturated heterocycles. The SMILES string of the molecule is CCOc1ccc(C(=O)NC(=S)NNC(=O)CCC(=O)NCc2ccccc2)cc1. The van der Waals surface area contributed by atoms with Crippen molar-refractivity contribution in [2.24, 2.45) is 0 Å². The van der Waals surface area contributed by atoms with Crippen molar-refractivity contribution < 1.29 is 19.1 Å². The Bertz CT molecular complexity index is 872. The first-order chi connectivity index (χ1) is 14.5. The Morgan fingerprint density at radius 2 is 1.57 bits per heavy atom. The van der Waals surface area contributed by atoms with E-state index in [4.69, 9.17) is 17.0 Å². The molecule has 30 heavy (non-hydrogen) atoms. The summed E-state index contributed by atoms with van der Waals surface area (Å²) in [5.41, 5.74) is 6.16. The van der Waals surface area contributed by atoms with Gasteiger partial charge in [-0.05, 0) is 49.0 Å². The van der Waals surface area contributed by atoms with Crippen LogP contribution in [0.15, 0.2) is 54.6 Å². The fraction of sp³-hybridized carbons (Fsp3) is 0.238. The van der Waals surface area contributed by atoms with Crippen LogP contribution < -0.4 is 26.2 Å². The van der Waals surface area contributed by atoms with E-state index in [2.05, 4.69) is 21.5 Å². The number of ether oxygens (including phenoxy) is 1. The predicted molar refractivity (Wildman–Crippen MR) is 116 cm³/mol. The van der Waals surface area contributed by atoms with Crippen LogP contribution in [0.2, 0.25) is 0 Å². The zero-order chi connectivity index (χ0) is 21.8. The van der Waals surface area contributed by atoms with E-state index >= 15 is 0 Å². The Morgan fingerprint density at radius 1 is 0.900 bits per heavy atom. The van der Waals surface area contributed by atoms with Crippen molar-refractivity contribution in [3.05, 3.63) is 65.7 Å². The summed E-state index contributed by atoms with van der Waals surface area (Å²) in [7, 11) is 0. The van der Waals surface area contributed by atoms with Gasteiger partial charge in [-0.3, -0.25) is 30.6 Å². The number of amides is 3. The van der Waals surface area contributed by atoms with E-state index in [1.165, 1.54) is 0 Å². The molecule has 3 amide bonds. The number of hydrogen-bond acceptors (Lipinski definition) is 5. The quantitative estimate of drug-likeness (QED) is 0.377. The van der Waals surface area contributed by atoms with Crippen molar-refractivity contribution in [1.82, 2.24) is 21.5 Å². The van der Waals surface area contributed by atoms with Crippen molar-refractivity contribution in [2.45, 2.75) is 26.3 Å². The molecule has 0 aromatic heterocycles. The summed E-state index contributed by atoms with van der Waals surface area (Å²) in [6, 6.07) is 16.0. The summed E-state index contributed by atoms with van der Waals surface area (Å²) < 4.78 is 5.32. The molecule has 0 aliphatic rings. The van der Waals surface area contributed by atoms with Gasteiger partial charge in [-0.25, -0.2) is 0 Å². The molecule has 0 bridgehead atoms. The number of rotatable bonds is 8. The van der Waals surface area contributed by atoms with Crippen LogP contribution in [0, 0.1) is 0 Å². The van der Waals surface area contributed by atoms with E-state index in [0.717, 1.165) is 5.56 Å². The monoisotopic (exact) mass is 428 g/mol. The Labute approximate surface area is 180 Å². The summed E-state index contributed by atoms with van der Waals surface area (Å²) in [5.74, 6) is -0.428. The molecule has 0 atom stereocenters. The van der Waals surface area contributed by atoms with Gasteiger partial charge in [-0.1, -0.05) is 30.3 Å². The van der Waals surface area contributed by atoms with Crippen LogP contribution in [-0.2, 0) is 16.1 Å². The molecule has 0 radical (unpaired) electrons. The first-order valence-electron chi connectivity index (χ1n) is 9.41. The minimum Gasteiger partial charge on any atom is -0.494 e. The van der Waals surface area contributed by atoms with E-state index in [1.54, 1.807) is 24.3 Å². The van der Waals surface area contributed by atoms with Crippen molar-refractivity contribution in [1.29, 1.82) is 0 Å². The number of hydrogen-bond donors (Lipinski definition) is 4. The van der Waals surface area contributed by atoms with E-state index in [-0.39, 0.29) is 23.9 Å².